The van der Waals surface area contributed by atoms with Crippen LogP contribution in [0.4, 0.5) is 5.69 Å². The number of nitrogens with one attached hydrogen (secondary N) is 1. The Balaban J connectivity index is 1.80. The molecule has 0 aliphatic rings. The van der Waals surface area contributed by atoms with Crippen LogP contribution in [0.1, 0.15) is 23.8 Å². The maximum absolute atomic E-state index is 13.1. The molecule has 0 bridgehead atoms. The molecule has 0 unspecified atom stereocenters. The minimum Gasteiger partial charge on any atom is -0.495 e. The van der Waals surface area contributed by atoms with Crippen molar-refractivity contribution < 1.29 is 13.9 Å². The summed E-state index contributed by atoms with van der Waals surface area (Å²) in [4.78, 5) is 14.7. The SMILES string of the molecule is COc1ccccc1N(CCC#N)C(=O)CN[C@H](c1ccccc1)c1ccco1. The minimum atomic E-state index is -0.259. The molecule has 0 fully saturated rings. The molecule has 1 amide bonds. The van der Waals surface area contributed by atoms with Crippen LogP contribution in [0.15, 0.2) is 77.4 Å². The Bertz CT molecular complexity index is 949. The highest BCUT2D eigenvalue weighted by Crippen LogP contribution is 2.28. The zero-order valence-electron chi connectivity index (χ0n) is 16.2. The van der Waals surface area contributed by atoms with Crippen molar-refractivity contribution in [2.24, 2.45) is 0 Å². The molecule has 0 saturated carbocycles. The number of para-hydroxylation sites is 2. The van der Waals surface area contributed by atoms with Crippen LogP contribution in [0.5, 0.6) is 5.75 Å². The number of carbonyl (C=O) groups is 1. The zero-order chi connectivity index (χ0) is 20.5. The molecular weight excluding hydrogens is 366 g/mol. The topological polar surface area (TPSA) is 78.5 Å². The van der Waals surface area contributed by atoms with Crippen LogP contribution in [0, 0.1) is 11.3 Å². The Labute approximate surface area is 170 Å². The molecule has 1 heterocycles. The number of carbonyl (C=O) groups excluding carboxylic acids is 1. The maximum atomic E-state index is 13.1. The number of methoxy groups -OCH3 is 1. The van der Waals surface area contributed by atoms with Crippen molar-refractivity contribution in [3.05, 3.63) is 84.3 Å². The Morgan fingerprint density at radius 3 is 2.59 bits per heavy atom. The largest absolute Gasteiger partial charge is 0.495 e. The van der Waals surface area contributed by atoms with Gasteiger partial charge in [0.2, 0.25) is 5.91 Å². The summed E-state index contributed by atoms with van der Waals surface area (Å²) in [6.07, 6.45) is 1.84. The van der Waals surface area contributed by atoms with E-state index in [9.17, 15) is 4.79 Å². The number of amides is 1. The molecule has 0 radical (unpaired) electrons. The fraction of sp³-hybridized carbons (Fsp3) is 0.217. The molecule has 0 spiro atoms. The number of nitriles is 1. The lowest BCUT2D eigenvalue weighted by molar-refractivity contribution is -0.117. The summed E-state index contributed by atoms with van der Waals surface area (Å²) in [5.41, 5.74) is 1.64. The van der Waals surface area contributed by atoms with Gasteiger partial charge in [-0.1, -0.05) is 42.5 Å². The van der Waals surface area contributed by atoms with Crippen LogP contribution >= 0.6 is 0 Å². The van der Waals surface area contributed by atoms with Crippen LogP contribution in [-0.4, -0.2) is 26.1 Å². The molecule has 148 valence electrons. The Kier molecular flexibility index (Phi) is 7.04. The molecule has 6 nitrogen and oxygen atoms in total. The third kappa shape index (κ3) is 5.03. The van der Waals surface area contributed by atoms with Crippen molar-refractivity contribution in [3.8, 4) is 11.8 Å². The second-order valence-electron chi connectivity index (χ2n) is 6.37. The average Bonchev–Trinajstić information content (AvgIpc) is 3.30. The number of anilines is 1. The smallest absolute Gasteiger partial charge is 0.241 e. The first-order chi connectivity index (χ1) is 14.2. The predicted octanol–water partition coefficient (Wildman–Crippen LogP) is 3.91. The number of nitrogens with zero attached hydrogens (tertiary/aromatic N) is 2. The molecule has 3 rings (SSSR count). The molecule has 2 aromatic carbocycles. The Morgan fingerprint density at radius 1 is 1.14 bits per heavy atom. The summed E-state index contributed by atoms with van der Waals surface area (Å²) in [5, 5.41) is 12.3. The van der Waals surface area contributed by atoms with Gasteiger partial charge in [-0.05, 0) is 29.8 Å². The molecule has 0 aliphatic carbocycles. The van der Waals surface area contributed by atoms with Gasteiger partial charge < -0.3 is 14.1 Å². The lowest BCUT2D eigenvalue weighted by atomic mass is 10.0. The van der Waals surface area contributed by atoms with E-state index in [2.05, 4.69) is 11.4 Å². The average molecular weight is 389 g/mol. The van der Waals surface area contributed by atoms with Gasteiger partial charge in [0.15, 0.2) is 0 Å². The van der Waals surface area contributed by atoms with Crippen LogP contribution in [0.25, 0.3) is 0 Å². The van der Waals surface area contributed by atoms with E-state index in [1.54, 1.807) is 24.3 Å². The number of hydrogen-bond donors (Lipinski definition) is 1. The number of hydrogen-bond acceptors (Lipinski definition) is 5. The molecular formula is C23H23N3O3. The Morgan fingerprint density at radius 2 is 1.90 bits per heavy atom. The predicted molar refractivity (Wildman–Crippen MR) is 111 cm³/mol. The van der Waals surface area contributed by atoms with Gasteiger partial charge in [0.05, 0.1) is 44.1 Å². The van der Waals surface area contributed by atoms with Crippen molar-refractivity contribution in [1.29, 1.82) is 5.26 Å². The molecule has 3 aromatic rings. The van der Waals surface area contributed by atoms with Crippen LogP contribution in [0.2, 0.25) is 0 Å². The second-order valence-corrected chi connectivity index (χ2v) is 6.37. The van der Waals surface area contributed by atoms with E-state index in [0.29, 0.717) is 11.4 Å². The zero-order valence-corrected chi connectivity index (χ0v) is 16.2. The first-order valence-electron chi connectivity index (χ1n) is 9.36. The lowest BCUT2D eigenvalue weighted by Gasteiger charge is -2.25. The first kappa shape index (κ1) is 20.2. The third-order valence-corrected chi connectivity index (χ3v) is 4.54. The number of benzene rings is 2. The van der Waals surface area contributed by atoms with E-state index in [1.807, 2.05) is 60.7 Å². The molecule has 29 heavy (non-hydrogen) atoms. The van der Waals surface area contributed by atoms with E-state index < -0.39 is 0 Å². The summed E-state index contributed by atoms with van der Waals surface area (Å²) < 4.78 is 11.0. The number of ether oxygens (including phenoxy) is 1. The van der Waals surface area contributed by atoms with E-state index in [4.69, 9.17) is 14.4 Å². The highest BCUT2D eigenvalue weighted by molar-refractivity contribution is 5.96. The van der Waals surface area contributed by atoms with Crippen molar-refractivity contribution in [1.82, 2.24) is 5.32 Å². The summed E-state index contributed by atoms with van der Waals surface area (Å²) in [6.45, 7) is 0.359. The maximum Gasteiger partial charge on any atom is 0.241 e. The summed E-state index contributed by atoms with van der Waals surface area (Å²) in [7, 11) is 1.56. The van der Waals surface area contributed by atoms with Gasteiger partial charge in [0.1, 0.15) is 11.5 Å². The first-order valence-corrected chi connectivity index (χ1v) is 9.36. The van der Waals surface area contributed by atoms with Gasteiger partial charge in [-0.2, -0.15) is 5.26 Å². The molecule has 0 aliphatic heterocycles. The van der Waals surface area contributed by atoms with Gasteiger partial charge in [-0.15, -0.1) is 0 Å². The third-order valence-electron chi connectivity index (χ3n) is 4.54. The van der Waals surface area contributed by atoms with E-state index in [1.165, 1.54) is 0 Å². The molecule has 1 atom stereocenters. The van der Waals surface area contributed by atoms with Gasteiger partial charge in [0.25, 0.3) is 0 Å². The van der Waals surface area contributed by atoms with Crippen LogP contribution in [-0.2, 0) is 4.79 Å². The van der Waals surface area contributed by atoms with Gasteiger partial charge in [-0.3, -0.25) is 10.1 Å². The van der Waals surface area contributed by atoms with Gasteiger partial charge >= 0.3 is 0 Å². The van der Waals surface area contributed by atoms with Crippen LogP contribution < -0.4 is 15.0 Å². The monoisotopic (exact) mass is 389 g/mol. The summed E-state index contributed by atoms with van der Waals surface area (Å²) >= 11 is 0. The van der Waals surface area contributed by atoms with Crippen LogP contribution in [0.3, 0.4) is 0 Å². The van der Waals surface area contributed by atoms with Crippen molar-refractivity contribution >= 4 is 11.6 Å². The summed E-state index contributed by atoms with van der Waals surface area (Å²) in [6, 6.07) is 22.6. The van der Waals surface area contributed by atoms with E-state index >= 15 is 0 Å². The second kappa shape index (κ2) is 10.1. The normalized spacial score (nSPS) is 11.4. The molecule has 0 saturated heterocycles. The highest BCUT2D eigenvalue weighted by atomic mass is 16.5. The van der Waals surface area contributed by atoms with E-state index in [0.717, 1.165) is 11.3 Å². The highest BCUT2D eigenvalue weighted by Gasteiger charge is 2.22. The molecule has 1 aromatic heterocycles. The number of furan rings is 1. The minimum absolute atomic E-state index is 0.0732. The van der Waals surface area contributed by atoms with Crippen molar-refractivity contribution in [2.75, 3.05) is 25.1 Å². The fourth-order valence-corrected chi connectivity index (χ4v) is 3.16. The summed E-state index contributed by atoms with van der Waals surface area (Å²) in [5.74, 6) is 1.16. The lowest BCUT2D eigenvalue weighted by Crippen LogP contribution is -2.40. The Hall–Kier alpha value is -3.56. The fourth-order valence-electron chi connectivity index (χ4n) is 3.16. The van der Waals surface area contributed by atoms with Gasteiger partial charge in [-0.25, -0.2) is 0 Å². The molecule has 6 heteroatoms. The molecule has 1 N–H and O–H groups in total. The quantitative estimate of drug-likeness (QED) is 0.600. The van der Waals surface area contributed by atoms with E-state index in [-0.39, 0.29) is 31.5 Å². The standard InChI is InChI=1S/C23H23N3O3/c1-28-20-12-6-5-11-19(20)26(15-8-14-24)22(27)17-25-23(21-13-7-16-29-21)18-9-3-2-4-10-18/h2-7,9-13,16,23,25H,8,15,17H2,1H3/t23-/m1/s1. The number of rotatable bonds is 9. The van der Waals surface area contributed by atoms with Gasteiger partial charge in [0, 0.05) is 6.54 Å². The van der Waals surface area contributed by atoms with Crippen molar-refractivity contribution in [2.45, 2.75) is 12.5 Å². The van der Waals surface area contributed by atoms with Crippen molar-refractivity contribution in [3.63, 3.8) is 0 Å².